The van der Waals surface area contributed by atoms with Crippen LogP contribution >= 0.6 is 11.8 Å². The highest BCUT2D eigenvalue weighted by Crippen LogP contribution is 2.42. The molecule has 1 aliphatic heterocycles. The predicted octanol–water partition coefficient (Wildman–Crippen LogP) is 6.40. The number of aryl methyl sites for hydroxylation is 2. The molecule has 5 rings (SSSR count). The number of rotatable bonds is 8. The average Bonchev–Trinajstić information content (AvgIpc) is 3.50. The Morgan fingerprint density at radius 1 is 1.23 bits per heavy atom. The first-order valence-corrected chi connectivity index (χ1v) is 13.8. The van der Waals surface area contributed by atoms with Crippen LogP contribution in [0.3, 0.4) is 0 Å². The number of aromatic nitrogens is 2. The van der Waals surface area contributed by atoms with E-state index in [0.717, 1.165) is 24.2 Å². The molecule has 0 spiro atoms. The molecule has 2 aliphatic rings. The van der Waals surface area contributed by atoms with Crippen molar-refractivity contribution in [2.45, 2.75) is 52.0 Å². The number of hydrogen-bond donors (Lipinski definition) is 2. The third-order valence-corrected chi connectivity index (χ3v) is 8.02. The van der Waals surface area contributed by atoms with Gasteiger partial charge in [0.25, 0.3) is 5.91 Å². The van der Waals surface area contributed by atoms with Gasteiger partial charge in [0.2, 0.25) is 0 Å². The van der Waals surface area contributed by atoms with E-state index in [9.17, 15) is 22.4 Å². The molecule has 2 aromatic carbocycles. The van der Waals surface area contributed by atoms with Crippen LogP contribution in [0.15, 0.2) is 42.6 Å². The second-order valence-corrected chi connectivity index (χ2v) is 11.1. The van der Waals surface area contributed by atoms with Crippen LogP contribution in [-0.2, 0) is 19.3 Å². The third-order valence-electron chi connectivity index (χ3n) is 7.10. The smallest absolute Gasteiger partial charge is 0.347 e. The van der Waals surface area contributed by atoms with Gasteiger partial charge in [0.1, 0.15) is 5.82 Å². The van der Waals surface area contributed by atoms with Crippen molar-refractivity contribution in [1.82, 2.24) is 20.0 Å². The van der Waals surface area contributed by atoms with E-state index in [-0.39, 0.29) is 41.0 Å². The van der Waals surface area contributed by atoms with E-state index in [1.165, 1.54) is 34.8 Å². The summed E-state index contributed by atoms with van der Waals surface area (Å²) in [6.07, 6.45) is -1.47. The SMILES string of the molecule is CCn1cc(-c2cc(CN3CCSC3=N)cc(C(=O)N[C@H](c3ccc(F)c(C)c3)C3CC3)c2)c(C(F)(F)F)n1. The summed E-state index contributed by atoms with van der Waals surface area (Å²) in [5.41, 5.74) is 1.27. The molecule has 0 unspecified atom stereocenters. The largest absolute Gasteiger partial charge is 0.435 e. The number of alkyl halides is 3. The van der Waals surface area contributed by atoms with Crippen molar-refractivity contribution in [2.24, 2.45) is 5.92 Å². The maximum Gasteiger partial charge on any atom is 0.435 e. The second-order valence-electron chi connectivity index (χ2n) is 10.0. The second kappa shape index (κ2) is 10.7. The zero-order valence-corrected chi connectivity index (χ0v) is 22.4. The number of nitrogens with one attached hydrogen (secondary N) is 2. The number of benzene rings is 2. The molecule has 1 amide bonds. The van der Waals surface area contributed by atoms with Crippen molar-refractivity contribution in [3.8, 4) is 11.1 Å². The lowest BCUT2D eigenvalue weighted by atomic mass is 9.97. The van der Waals surface area contributed by atoms with E-state index in [1.807, 2.05) is 4.90 Å². The molecule has 11 heteroatoms. The minimum atomic E-state index is -4.67. The lowest BCUT2D eigenvalue weighted by molar-refractivity contribution is -0.141. The van der Waals surface area contributed by atoms with Gasteiger partial charge in [-0.1, -0.05) is 23.9 Å². The van der Waals surface area contributed by atoms with Gasteiger partial charge < -0.3 is 10.2 Å². The van der Waals surface area contributed by atoms with Crippen molar-refractivity contribution in [1.29, 1.82) is 5.41 Å². The molecule has 1 aromatic heterocycles. The van der Waals surface area contributed by atoms with Crippen LogP contribution in [0.5, 0.6) is 0 Å². The van der Waals surface area contributed by atoms with Crippen LogP contribution in [0.1, 0.15) is 58.5 Å². The fourth-order valence-corrected chi connectivity index (χ4v) is 5.72. The summed E-state index contributed by atoms with van der Waals surface area (Å²) < 4.78 is 56.9. The standard InChI is InChI=1S/C28H29F4N5OS/c1-3-37-15-22(25(35-37)28(30,31)32)20-11-17(14-36-8-9-39-27(36)33)12-21(13-20)26(38)34-24(18-4-5-18)19-6-7-23(29)16(2)10-19/h6-7,10-13,15,18,24,33H,3-5,8-9,14H2,1-2H3,(H,34,38)/t24-/m0/s1. The molecule has 2 N–H and O–H groups in total. The first-order chi connectivity index (χ1) is 18.5. The van der Waals surface area contributed by atoms with Crippen molar-refractivity contribution in [3.63, 3.8) is 0 Å². The number of thioether (sulfide) groups is 1. The number of carbonyl (C=O) groups is 1. The highest BCUT2D eigenvalue weighted by Gasteiger charge is 2.38. The Labute approximate surface area is 228 Å². The van der Waals surface area contributed by atoms with Gasteiger partial charge in [-0.3, -0.25) is 14.9 Å². The highest BCUT2D eigenvalue weighted by molar-refractivity contribution is 8.14. The highest BCUT2D eigenvalue weighted by atomic mass is 32.2. The van der Waals surface area contributed by atoms with Crippen LogP contribution in [0.25, 0.3) is 11.1 Å². The molecule has 1 saturated heterocycles. The summed E-state index contributed by atoms with van der Waals surface area (Å²) in [6, 6.07) is 9.23. The van der Waals surface area contributed by atoms with Gasteiger partial charge >= 0.3 is 6.18 Å². The van der Waals surface area contributed by atoms with E-state index in [2.05, 4.69) is 10.4 Å². The van der Waals surface area contributed by atoms with Crippen LogP contribution in [0.2, 0.25) is 0 Å². The zero-order valence-electron chi connectivity index (χ0n) is 21.6. The summed E-state index contributed by atoms with van der Waals surface area (Å²) in [5, 5.41) is 15.3. The normalized spacial score (nSPS) is 16.6. The summed E-state index contributed by atoms with van der Waals surface area (Å²) >= 11 is 1.41. The molecule has 206 valence electrons. The van der Waals surface area contributed by atoms with Crippen LogP contribution < -0.4 is 5.32 Å². The van der Waals surface area contributed by atoms with Crippen LogP contribution in [0, 0.1) is 24.1 Å². The monoisotopic (exact) mass is 559 g/mol. The Kier molecular flexibility index (Phi) is 7.45. The number of nitrogens with zero attached hydrogens (tertiary/aromatic N) is 3. The van der Waals surface area contributed by atoms with Gasteiger partial charge in [-0.25, -0.2) is 4.39 Å². The van der Waals surface area contributed by atoms with Crippen molar-refractivity contribution >= 4 is 22.8 Å². The van der Waals surface area contributed by atoms with Crippen LogP contribution in [0.4, 0.5) is 17.6 Å². The molecular formula is C28H29F4N5OS. The molecule has 39 heavy (non-hydrogen) atoms. The minimum Gasteiger partial charge on any atom is -0.347 e. The molecule has 2 fully saturated rings. The topological polar surface area (TPSA) is 74.0 Å². The summed E-state index contributed by atoms with van der Waals surface area (Å²) in [6.45, 7) is 4.58. The van der Waals surface area contributed by atoms with E-state index in [4.69, 9.17) is 5.41 Å². The molecule has 0 radical (unpaired) electrons. The summed E-state index contributed by atoms with van der Waals surface area (Å²) in [7, 11) is 0. The van der Waals surface area contributed by atoms with Crippen molar-refractivity contribution in [2.75, 3.05) is 12.3 Å². The minimum absolute atomic E-state index is 0.0981. The zero-order chi connectivity index (χ0) is 27.9. The summed E-state index contributed by atoms with van der Waals surface area (Å²) in [5.74, 6) is 0.228. The van der Waals surface area contributed by atoms with E-state index < -0.39 is 17.8 Å². The first kappa shape index (κ1) is 27.2. The molecular weight excluding hydrogens is 530 g/mol. The Morgan fingerprint density at radius 3 is 2.62 bits per heavy atom. The lowest BCUT2D eigenvalue weighted by Gasteiger charge is -2.21. The Hall–Kier alpha value is -3.34. The van der Waals surface area contributed by atoms with Gasteiger partial charge in [0.15, 0.2) is 10.9 Å². The van der Waals surface area contributed by atoms with E-state index in [0.29, 0.717) is 29.4 Å². The van der Waals surface area contributed by atoms with E-state index in [1.54, 1.807) is 38.1 Å². The van der Waals surface area contributed by atoms with Crippen LogP contribution in [-0.4, -0.2) is 38.1 Å². The molecule has 2 heterocycles. The van der Waals surface area contributed by atoms with Gasteiger partial charge in [0, 0.05) is 42.7 Å². The Bertz CT molecular complexity index is 1420. The van der Waals surface area contributed by atoms with Gasteiger partial charge in [-0.2, -0.15) is 18.3 Å². The fourth-order valence-electron chi connectivity index (χ4n) is 4.88. The maximum atomic E-state index is 13.9. The number of hydrogen-bond acceptors (Lipinski definition) is 4. The number of carbonyl (C=O) groups excluding carboxylic acids is 1. The van der Waals surface area contributed by atoms with Gasteiger partial charge in [0.05, 0.1) is 6.04 Å². The number of halogens is 4. The molecule has 1 atom stereocenters. The van der Waals surface area contributed by atoms with Crippen molar-refractivity contribution in [3.05, 3.63) is 76.4 Å². The maximum absolute atomic E-state index is 13.9. The Balaban J connectivity index is 1.53. The van der Waals surface area contributed by atoms with Gasteiger partial charge in [-0.05, 0) is 79.1 Å². The molecule has 1 saturated carbocycles. The third kappa shape index (κ3) is 5.98. The quantitative estimate of drug-likeness (QED) is 0.313. The first-order valence-electron chi connectivity index (χ1n) is 12.9. The number of amides is 1. The Morgan fingerprint density at radius 2 is 2.00 bits per heavy atom. The summed E-state index contributed by atoms with van der Waals surface area (Å²) in [4.78, 5) is 15.4. The number of amidine groups is 1. The molecule has 0 bridgehead atoms. The molecule has 6 nitrogen and oxygen atoms in total. The molecule has 3 aromatic rings. The predicted molar refractivity (Wildman–Crippen MR) is 143 cm³/mol. The lowest BCUT2D eigenvalue weighted by Crippen LogP contribution is -2.30. The van der Waals surface area contributed by atoms with E-state index >= 15 is 0 Å². The average molecular weight is 560 g/mol. The fraction of sp³-hybridized carbons (Fsp3) is 0.393. The van der Waals surface area contributed by atoms with Crippen molar-refractivity contribution < 1.29 is 22.4 Å². The van der Waals surface area contributed by atoms with Gasteiger partial charge in [-0.15, -0.1) is 0 Å². The molecule has 1 aliphatic carbocycles.